The summed E-state index contributed by atoms with van der Waals surface area (Å²) in [4.78, 5) is 15.0. The van der Waals surface area contributed by atoms with Crippen LogP contribution in [0.1, 0.15) is 25.0 Å². The molecule has 4 nitrogen and oxygen atoms in total. The SMILES string of the molecule is CCN(CC)CCOC(=O)C(Cc1ccccc1)Cc1ccc(OC)cc1. The van der Waals surface area contributed by atoms with E-state index in [0.29, 0.717) is 19.4 Å². The number of nitrogens with zero attached hydrogens (tertiary/aromatic N) is 1. The summed E-state index contributed by atoms with van der Waals surface area (Å²) in [6.07, 6.45) is 1.33. The Balaban J connectivity index is 2.02. The van der Waals surface area contributed by atoms with Crippen LogP contribution in [0.25, 0.3) is 0 Å². The highest BCUT2D eigenvalue weighted by molar-refractivity contribution is 5.73. The first-order chi connectivity index (χ1) is 13.2. The van der Waals surface area contributed by atoms with Gasteiger partial charge in [-0.2, -0.15) is 0 Å². The van der Waals surface area contributed by atoms with Crippen LogP contribution in [0.5, 0.6) is 5.75 Å². The molecule has 27 heavy (non-hydrogen) atoms. The first kappa shape index (κ1) is 21.0. The van der Waals surface area contributed by atoms with Crippen molar-refractivity contribution in [2.75, 3.05) is 33.4 Å². The molecule has 1 atom stereocenters. The molecule has 4 heteroatoms. The Morgan fingerprint density at radius 1 is 0.926 bits per heavy atom. The lowest BCUT2D eigenvalue weighted by atomic mass is 9.92. The zero-order valence-corrected chi connectivity index (χ0v) is 16.7. The third-order valence-electron chi connectivity index (χ3n) is 4.85. The number of rotatable bonds is 11. The van der Waals surface area contributed by atoms with E-state index in [1.807, 2.05) is 42.5 Å². The predicted octanol–water partition coefficient (Wildman–Crippen LogP) is 3.98. The van der Waals surface area contributed by atoms with E-state index in [4.69, 9.17) is 9.47 Å². The van der Waals surface area contributed by atoms with E-state index in [9.17, 15) is 4.79 Å². The number of hydrogen-bond acceptors (Lipinski definition) is 4. The summed E-state index contributed by atoms with van der Waals surface area (Å²) >= 11 is 0. The molecule has 0 saturated heterocycles. The van der Waals surface area contributed by atoms with Gasteiger partial charge in [0, 0.05) is 6.54 Å². The molecule has 0 aromatic heterocycles. The molecule has 0 saturated carbocycles. The van der Waals surface area contributed by atoms with Gasteiger partial charge in [-0.25, -0.2) is 0 Å². The van der Waals surface area contributed by atoms with Crippen molar-refractivity contribution in [1.82, 2.24) is 4.90 Å². The third kappa shape index (κ3) is 7.06. The first-order valence-corrected chi connectivity index (χ1v) is 9.72. The summed E-state index contributed by atoms with van der Waals surface area (Å²) in [7, 11) is 1.65. The maximum Gasteiger partial charge on any atom is 0.309 e. The number of carbonyl (C=O) groups excluding carboxylic acids is 1. The second-order valence-electron chi connectivity index (χ2n) is 6.63. The second kappa shape index (κ2) is 11.4. The molecule has 0 radical (unpaired) electrons. The molecular weight excluding hydrogens is 338 g/mol. The van der Waals surface area contributed by atoms with Crippen molar-refractivity contribution in [3.63, 3.8) is 0 Å². The average molecular weight is 370 g/mol. The summed E-state index contributed by atoms with van der Waals surface area (Å²) in [5.41, 5.74) is 2.26. The highest BCUT2D eigenvalue weighted by atomic mass is 16.5. The van der Waals surface area contributed by atoms with E-state index < -0.39 is 0 Å². The van der Waals surface area contributed by atoms with Crippen LogP contribution >= 0.6 is 0 Å². The van der Waals surface area contributed by atoms with Crippen molar-refractivity contribution in [3.8, 4) is 5.75 Å². The van der Waals surface area contributed by atoms with Gasteiger partial charge >= 0.3 is 5.97 Å². The predicted molar refractivity (Wildman–Crippen MR) is 109 cm³/mol. The Hall–Kier alpha value is -2.33. The molecule has 0 amide bonds. The molecule has 0 aliphatic rings. The van der Waals surface area contributed by atoms with Crippen LogP contribution in [0, 0.1) is 5.92 Å². The molecule has 0 aliphatic carbocycles. The number of ether oxygens (including phenoxy) is 2. The van der Waals surface area contributed by atoms with E-state index in [0.717, 1.165) is 36.5 Å². The lowest BCUT2D eigenvalue weighted by Crippen LogP contribution is -2.30. The third-order valence-corrected chi connectivity index (χ3v) is 4.85. The van der Waals surface area contributed by atoms with Gasteiger partial charge in [0.1, 0.15) is 12.4 Å². The van der Waals surface area contributed by atoms with Gasteiger partial charge in [0.25, 0.3) is 0 Å². The zero-order valence-electron chi connectivity index (χ0n) is 16.7. The van der Waals surface area contributed by atoms with Crippen LogP contribution in [0.15, 0.2) is 54.6 Å². The normalized spacial score (nSPS) is 12.0. The molecule has 146 valence electrons. The van der Waals surface area contributed by atoms with Crippen molar-refractivity contribution in [2.45, 2.75) is 26.7 Å². The second-order valence-corrected chi connectivity index (χ2v) is 6.63. The Morgan fingerprint density at radius 3 is 2.07 bits per heavy atom. The summed E-state index contributed by atoms with van der Waals surface area (Å²) < 4.78 is 10.8. The molecule has 0 fully saturated rings. The van der Waals surface area contributed by atoms with Crippen molar-refractivity contribution >= 4 is 5.97 Å². The molecular formula is C23H31NO3. The summed E-state index contributed by atoms with van der Waals surface area (Å²) in [5, 5.41) is 0. The van der Waals surface area contributed by atoms with Gasteiger partial charge in [-0.05, 0) is 49.2 Å². The molecule has 0 N–H and O–H groups in total. The minimum atomic E-state index is -0.197. The summed E-state index contributed by atoms with van der Waals surface area (Å²) in [6.45, 7) is 7.38. The van der Waals surface area contributed by atoms with Gasteiger partial charge in [0.2, 0.25) is 0 Å². The van der Waals surface area contributed by atoms with Gasteiger partial charge in [-0.1, -0.05) is 56.3 Å². The van der Waals surface area contributed by atoms with Crippen LogP contribution in [0.4, 0.5) is 0 Å². The minimum Gasteiger partial charge on any atom is -0.497 e. The van der Waals surface area contributed by atoms with Gasteiger partial charge in [0.15, 0.2) is 0 Å². The Bertz CT molecular complexity index is 666. The Morgan fingerprint density at radius 2 is 1.52 bits per heavy atom. The van der Waals surface area contributed by atoms with Crippen LogP contribution < -0.4 is 4.74 Å². The van der Waals surface area contributed by atoms with Gasteiger partial charge < -0.3 is 14.4 Å². The fraction of sp³-hybridized carbons (Fsp3) is 0.435. The molecule has 2 aromatic rings. The van der Waals surface area contributed by atoms with E-state index >= 15 is 0 Å². The Kier molecular flexibility index (Phi) is 8.85. The zero-order chi connectivity index (χ0) is 19.5. The molecule has 0 spiro atoms. The highest BCUT2D eigenvalue weighted by Gasteiger charge is 2.21. The number of likely N-dealkylation sites (N-methyl/N-ethyl adjacent to an activating group) is 1. The highest BCUT2D eigenvalue weighted by Crippen LogP contribution is 2.19. The molecule has 1 unspecified atom stereocenters. The van der Waals surface area contributed by atoms with Crippen molar-refractivity contribution in [3.05, 3.63) is 65.7 Å². The van der Waals surface area contributed by atoms with Crippen LogP contribution in [0.3, 0.4) is 0 Å². The quantitative estimate of drug-likeness (QED) is 0.562. The molecule has 0 aliphatic heterocycles. The van der Waals surface area contributed by atoms with Crippen molar-refractivity contribution in [2.24, 2.45) is 5.92 Å². The lowest BCUT2D eigenvalue weighted by Gasteiger charge is -2.20. The fourth-order valence-corrected chi connectivity index (χ4v) is 3.12. The van der Waals surface area contributed by atoms with Crippen LogP contribution in [0.2, 0.25) is 0 Å². The van der Waals surface area contributed by atoms with E-state index in [1.165, 1.54) is 0 Å². The molecule has 0 bridgehead atoms. The number of benzene rings is 2. The van der Waals surface area contributed by atoms with Crippen LogP contribution in [-0.4, -0.2) is 44.2 Å². The topological polar surface area (TPSA) is 38.8 Å². The van der Waals surface area contributed by atoms with Gasteiger partial charge in [-0.3, -0.25) is 4.79 Å². The number of esters is 1. The summed E-state index contributed by atoms with van der Waals surface area (Å²) in [5.74, 6) is 0.500. The molecule has 0 heterocycles. The number of carbonyl (C=O) groups is 1. The van der Waals surface area contributed by atoms with E-state index in [-0.39, 0.29) is 11.9 Å². The lowest BCUT2D eigenvalue weighted by molar-refractivity contribution is -0.148. The standard InChI is InChI=1S/C23H31NO3/c1-4-24(5-2)15-16-27-23(25)21(17-19-9-7-6-8-10-19)18-20-11-13-22(26-3)14-12-20/h6-14,21H,4-5,15-18H2,1-3H3. The van der Waals surface area contributed by atoms with Crippen molar-refractivity contribution < 1.29 is 14.3 Å². The van der Waals surface area contributed by atoms with Crippen LogP contribution in [-0.2, 0) is 22.4 Å². The smallest absolute Gasteiger partial charge is 0.309 e. The minimum absolute atomic E-state index is 0.123. The maximum absolute atomic E-state index is 12.8. The number of methoxy groups -OCH3 is 1. The summed E-state index contributed by atoms with van der Waals surface area (Å²) in [6, 6.07) is 18.0. The van der Waals surface area contributed by atoms with Crippen molar-refractivity contribution in [1.29, 1.82) is 0 Å². The average Bonchev–Trinajstić information content (AvgIpc) is 2.72. The monoisotopic (exact) mass is 369 g/mol. The molecule has 2 aromatic carbocycles. The van der Waals surface area contributed by atoms with E-state index in [2.05, 4.69) is 30.9 Å². The fourth-order valence-electron chi connectivity index (χ4n) is 3.12. The largest absolute Gasteiger partial charge is 0.497 e. The van der Waals surface area contributed by atoms with E-state index in [1.54, 1.807) is 7.11 Å². The molecule has 2 rings (SSSR count). The van der Waals surface area contributed by atoms with Gasteiger partial charge in [-0.15, -0.1) is 0 Å². The maximum atomic E-state index is 12.8. The Labute approximate surface area is 163 Å². The number of hydrogen-bond donors (Lipinski definition) is 0. The van der Waals surface area contributed by atoms with Gasteiger partial charge in [0.05, 0.1) is 13.0 Å². The first-order valence-electron chi connectivity index (χ1n) is 9.72.